The van der Waals surface area contributed by atoms with Crippen molar-refractivity contribution < 1.29 is 22.8 Å². The van der Waals surface area contributed by atoms with Crippen molar-refractivity contribution in [3.63, 3.8) is 0 Å². The number of hydrogen-bond acceptors (Lipinski definition) is 4. The number of carbonyl (C=O) groups excluding carboxylic acids is 2. The first-order valence-electron chi connectivity index (χ1n) is 10.6. The van der Waals surface area contributed by atoms with Crippen molar-refractivity contribution in [2.45, 2.75) is 23.1 Å². The van der Waals surface area contributed by atoms with Gasteiger partial charge in [-0.3, -0.25) is 9.59 Å². The van der Waals surface area contributed by atoms with Gasteiger partial charge in [0.2, 0.25) is 10.2 Å². The van der Waals surface area contributed by atoms with Gasteiger partial charge < -0.3 is 0 Å². The molecule has 0 N–H and O–H groups in total. The van der Waals surface area contributed by atoms with Crippen molar-refractivity contribution in [3.8, 4) is 22.3 Å². The summed E-state index contributed by atoms with van der Waals surface area (Å²) in [5, 5.41) is -0.579. The molecule has 0 saturated heterocycles. The number of thioether (sulfide) groups is 2. The molecule has 0 heterocycles. The van der Waals surface area contributed by atoms with Crippen LogP contribution in [-0.4, -0.2) is 10.2 Å². The molecule has 4 aromatic carbocycles. The van der Waals surface area contributed by atoms with Gasteiger partial charge in [-0.1, -0.05) is 66.0 Å². The fourth-order valence-electron chi connectivity index (χ4n) is 3.33. The minimum Gasteiger partial charge on any atom is -0.286 e. The molecule has 0 spiro atoms. The summed E-state index contributed by atoms with van der Waals surface area (Å²) in [5.41, 5.74) is 3.37. The Morgan fingerprint density at radius 2 is 1.00 bits per heavy atom. The quantitative estimate of drug-likeness (QED) is 0.195. The molecule has 0 amide bonds. The minimum atomic E-state index is -0.925. The van der Waals surface area contributed by atoms with Crippen LogP contribution in [0.5, 0.6) is 0 Å². The molecular formula is C28H19F3O2S2. The molecule has 35 heavy (non-hydrogen) atoms. The maximum atomic E-state index is 13.8. The molecule has 0 aliphatic heterocycles. The zero-order valence-corrected chi connectivity index (χ0v) is 20.2. The normalized spacial score (nSPS) is 10.9. The highest BCUT2D eigenvalue weighted by Crippen LogP contribution is 2.29. The van der Waals surface area contributed by atoms with Crippen molar-refractivity contribution >= 4 is 33.8 Å². The van der Waals surface area contributed by atoms with Gasteiger partial charge in [-0.15, -0.1) is 0 Å². The summed E-state index contributed by atoms with van der Waals surface area (Å²) in [4.78, 5) is 26.1. The number of halogens is 3. The Morgan fingerprint density at radius 1 is 0.571 bits per heavy atom. The number of rotatable bonds is 6. The molecule has 0 saturated carbocycles. The number of benzene rings is 4. The van der Waals surface area contributed by atoms with Crippen LogP contribution in [0.2, 0.25) is 0 Å². The average Bonchev–Trinajstić information content (AvgIpc) is 2.83. The Balaban J connectivity index is 1.31. The van der Waals surface area contributed by atoms with Gasteiger partial charge in [0.25, 0.3) is 0 Å². The molecular weight excluding hydrogens is 489 g/mol. The number of hydrogen-bond donors (Lipinski definition) is 0. The van der Waals surface area contributed by atoms with Gasteiger partial charge in [0.05, 0.1) is 6.42 Å². The summed E-state index contributed by atoms with van der Waals surface area (Å²) in [6.45, 7) is 1.70. The van der Waals surface area contributed by atoms with Crippen molar-refractivity contribution in [2.75, 3.05) is 0 Å². The Labute approximate surface area is 209 Å². The first-order chi connectivity index (χ1) is 16.8. The maximum absolute atomic E-state index is 13.8. The van der Waals surface area contributed by atoms with E-state index in [1.807, 2.05) is 18.2 Å². The monoisotopic (exact) mass is 508 g/mol. The first-order valence-corrected chi connectivity index (χ1v) is 12.3. The van der Waals surface area contributed by atoms with Crippen LogP contribution in [0.4, 0.5) is 13.2 Å². The summed E-state index contributed by atoms with van der Waals surface area (Å²) in [7, 11) is 0. The van der Waals surface area contributed by atoms with E-state index in [0.29, 0.717) is 26.5 Å². The van der Waals surface area contributed by atoms with Gasteiger partial charge >= 0.3 is 0 Å². The molecule has 0 unspecified atom stereocenters. The van der Waals surface area contributed by atoms with Gasteiger partial charge in [-0.25, -0.2) is 13.2 Å². The lowest BCUT2D eigenvalue weighted by Crippen LogP contribution is -2.00. The average molecular weight is 509 g/mol. The molecule has 4 rings (SSSR count). The van der Waals surface area contributed by atoms with Crippen LogP contribution in [0, 0.1) is 24.4 Å². The molecule has 176 valence electrons. The molecule has 0 aliphatic carbocycles. The molecule has 0 aliphatic rings. The van der Waals surface area contributed by atoms with E-state index < -0.39 is 11.6 Å². The topological polar surface area (TPSA) is 34.1 Å². The van der Waals surface area contributed by atoms with E-state index in [0.717, 1.165) is 46.8 Å². The molecule has 0 radical (unpaired) electrons. The van der Waals surface area contributed by atoms with Crippen LogP contribution in [0.15, 0.2) is 94.7 Å². The van der Waals surface area contributed by atoms with Crippen LogP contribution in [0.25, 0.3) is 22.3 Å². The Hall–Kier alpha value is -3.29. The second-order valence-corrected chi connectivity index (χ2v) is 10.0. The SMILES string of the molecule is Cc1ccc(-c2ccc(SC(=O)CC(=O)Sc3ccc(-c4ccc(F)c(F)c4)cc3)cc2)cc1F. The molecule has 7 heteroatoms. The van der Waals surface area contributed by atoms with Gasteiger partial charge in [0.1, 0.15) is 5.82 Å². The predicted molar refractivity (Wildman–Crippen MR) is 135 cm³/mol. The molecule has 4 aromatic rings. The fraction of sp³-hybridized carbons (Fsp3) is 0.0714. The summed E-state index contributed by atoms with van der Waals surface area (Å²) in [6, 6.07) is 22.7. The van der Waals surface area contributed by atoms with E-state index in [1.54, 1.807) is 49.4 Å². The summed E-state index contributed by atoms with van der Waals surface area (Å²) in [6.07, 6.45) is -0.245. The lowest BCUT2D eigenvalue weighted by molar-refractivity contribution is -0.117. The number of aryl methyl sites for hydroxylation is 1. The molecule has 0 fully saturated rings. The van der Waals surface area contributed by atoms with Crippen LogP contribution < -0.4 is 0 Å². The van der Waals surface area contributed by atoms with Crippen molar-refractivity contribution in [3.05, 3.63) is 108 Å². The zero-order valence-electron chi connectivity index (χ0n) is 18.6. The van der Waals surface area contributed by atoms with E-state index in [9.17, 15) is 22.8 Å². The van der Waals surface area contributed by atoms with Crippen molar-refractivity contribution in [1.29, 1.82) is 0 Å². The zero-order chi connectivity index (χ0) is 24.9. The summed E-state index contributed by atoms with van der Waals surface area (Å²) >= 11 is 1.93. The van der Waals surface area contributed by atoms with Crippen LogP contribution in [-0.2, 0) is 9.59 Å². The van der Waals surface area contributed by atoms with E-state index >= 15 is 0 Å². The molecule has 0 bridgehead atoms. The third kappa shape index (κ3) is 6.44. The third-order valence-electron chi connectivity index (χ3n) is 5.22. The standard InChI is InChI=1S/C28H19F3O2S2/c1-17-2-3-20(14-25(17)30)18-4-9-22(10-5-18)34-27(32)16-28(33)35-23-11-6-19(7-12-23)21-8-13-24(29)26(31)15-21/h2-15H,16H2,1H3. The van der Waals surface area contributed by atoms with Gasteiger partial charge in [-0.2, -0.15) is 0 Å². The second-order valence-electron chi connectivity index (χ2n) is 7.77. The molecule has 0 aromatic heterocycles. The highest BCUT2D eigenvalue weighted by molar-refractivity contribution is 8.15. The smallest absolute Gasteiger partial charge is 0.201 e. The highest BCUT2D eigenvalue weighted by atomic mass is 32.2. The minimum absolute atomic E-state index is 0.245. The van der Waals surface area contributed by atoms with Gasteiger partial charge in [-0.05, 0) is 77.2 Å². The lowest BCUT2D eigenvalue weighted by Gasteiger charge is -2.06. The van der Waals surface area contributed by atoms with Gasteiger partial charge in [0.15, 0.2) is 11.6 Å². The van der Waals surface area contributed by atoms with E-state index in [4.69, 9.17) is 0 Å². The fourth-order valence-corrected chi connectivity index (χ4v) is 4.90. The van der Waals surface area contributed by atoms with E-state index in [-0.39, 0.29) is 22.5 Å². The van der Waals surface area contributed by atoms with E-state index in [1.165, 1.54) is 12.1 Å². The highest BCUT2D eigenvalue weighted by Gasteiger charge is 2.14. The predicted octanol–water partition coefficient (Wildman–Crippen LogP) is 8.07. The van der Waals surface area contributed by atoms with E-state index in [2.05, 4.69) is 0 Å². The molecule has 2 nitrogen and oxygen atoms in total. The summed E-state index contributed by atoms with van der Waals surface area (Å²) < 4.78 is 40.4. The largest absolute Gasteiger partial charge is 0.286 e. The Kier molecular flexibility index (Phi) is 7.78. The van der Waals surface area contributed by atoms with Crippen LogP contribution in [0.1, 0.15) is 12.0 Å². The third-order valence-corrected chi connectivity index (χ3v) is 6.98. The maximum Gasteiger partial charge on any atom is 0.201 e. The van der Waals surface area contributed by atoms with Crippen LogP contribution in [0.3, 0.4) is 0 Å². The van der Waals surface area contributed by atoms with Crippen molar-refractivity contribution in [2.24, 2.45) is 0 Å². The summed E-state index contributed by atoms with van der Waals surface area (Å²) in [5.74, 6) is -2.11. The first kappa shape index (κ1) is 24.8. The van der Waals surface area contributed by atoms with Crippen molar-refractivity contribution in [1.82, 2.24) is 0 Å². The Morgan fingerprint density at radius 3 is 1.46 bits per heavy atom. The lowest BCUT2D eigenvalue weighted by atomic mass is 10.0. The number of carbonyl (C=O) groups is 2. The van der Waals surface area contributed by atoms with Gasteiger partial charge in [0, 0.05) is 9.79 Å². The van der Waals surface area contributed by atoms with Crippen LogP contribution >= 0.6 is 23.5 Å². The Bertz CT molecular complexity index is 1280. The molecule has 0 atom stereocenters. The second kappa shape index (κ2) is 11.0.